The molecule has 0 bridgehead atoms. The maximum Gasteiger partial charge on any atom is 0.263 e. The summed E-state index contributed by atoms with van der Waals surface area (Å²) in [6.07, 6.45) is 0. The number of benzene rings is 1. The first kappa shape index (κ1) is 20.8. The normalized spacial score (nSPS) is 12.5. The molecule has 2 aromatic heterocycles. The fourth-order valence-electron chi connectivity index (χ4n) is 2.94. The summed E-state index contributed by atoms with van der Waals surface area (Å²) in [5, 5.41) is 0.868. The standard InChI is InChI=1S/C21H24N2O3S2/c1-12-6-8-16(9-7-12)18(24)15(4)28-21-22-19-17(13(2)14(3)27-19)20(25)23(21)10-11-26-5/h6-9,15H,10-11H2,1-5H3. The number of ether oxygens (including phenoxy) is 1. The van der Waals surface area contributed by atoms with Gasteiger partial charge in [-0.1, -0.05) is 41.6 Å². The first-order valence-electron chi connectivity index (χ1n) is 9.10. The van der Waals surface area contributed by atoms with Gasteiger partial charge in [0.2, 0.25) is 0 Å². The molecular formula is C21H24N2O3S2. The van der Waals surface area contributed by atoms with E-state index in [1.165, 1.54) is 23.1 Å². The number of hydrogen-bond acceptors (Lipinski definition) is 6. The topological polar surface area (TPSA) is 61.2 Å². The third kappa shape index (κ3) is 4.06. The van der Waals surface area contributed by atoms with Crippen molar-refractivity contribution >= 4 is 39.1 Å². The molecule has 0 radical (unpaired) electrons. The fourth-order valence-corrected chi connectivity index (χ4v) is 5.02. The molecule has 3 rings (SSSR count). The highest BCUT2D eigenvalue weighted by molar-refractivity contribution is 8.00. The number of carbonyl (C=O) groups is 1. The van der Waals surface area contributed by atoms with Gasteiger partial charge in [0.15, 0.2) is 10.9 Å². The highest BCUT2D eigenvalue weighted by atomic mass is 32.2. The highest BCUT2D eigenvalue weighted by Gasteiger charge is 2.22. The predicted molar refractivity (Wildman–Crippen MR) is 116 cm³/mol. The fraction of sp³-hybridized carbons (Fsp3) is 0.381. The Kier molecular flexibility index (Phi) is 6.37. The van der Waals surface area contributed by atoms with Crippen molar-refractivity contribution in [1.29, 1.82) is 0 Å². The van der Waals surface area contributed by atoms with Gasteiger partial charge in [-0.05, 0) is 33.3 Å². The second-order valence-electron chi connectivity index (χ2n) is 6.80. The summed E-state index contributed by atoms with van der Waals surface area (Å²) in [5.74, 6) is 0.0242. The van der Waals surface area contributed by atoms with E-state index in [9.17, 15) is 9.59 Å². The average molecular weight is 417 g/mol. The molecule has 28 heavy (non-hydrogen) atoms. The smallest absolute Gasteiger partial charge is 0.263 e. The number of thioether (sulfide) groups is 1. The molecule has 5 nitrogen and oxygen atoms in total. The molecule has 0 aliphatic rings. The number of aromatic nitrogens is 2. The third-order valence-electron chi connectivity index (χ3n) is 4.76. The Morgan fingerprint density at radius 2 is 1.93 bits per heavy atom. The quantitative estimate of drug-likeness (QED) is 0.325. The largest absolute Gasteiger partial charge is 0.383 e. The van der Waals surface area contributed by atoms with Crippen molar-refractivity contribution in [2.75, 3.05) is 13.7 Å². The molecule has 7 heteroatoms. The molecule has 2 heterocycles. The summed E-state index contributed by atoms with van der Waals surface area (Å²) in [4.78, 5) is 32.5. The number of rotatable bonds is 7. The molecule has 1 aromatic carbocycles. The molecule has 3 aromatic rings. The minimum atomic E-state index is -0.358. The molecule has 1 unspecified atom stereocenters. The Morgan fingerprint density at radius 1 is 1.25 bits per heavy atom. The maximum absolute atomic E-state index is 13.1. The van der Waals surface area contributed by atoms with Crippen LogP contribution in [0.15, 0.2) is 34.2 Å². The van der Waals surface area contributed by atoms with E-state index >= 15 is 0 Å². The van der Waals surface area contributed by atoms with Crippen LogP contribution >= 0.6 is 23.1 Å². The number of fused-ring (bicyclic) bond motifs is 1. The van der Waals surface area contributed by atoms with Gasteiger partial charge in [-0.2, -0.15) is 0 Å². The van der Waals surface area contributed by atoms with Gasteiger partial charge in [0.05, 0.1) is 23.8 Å². The molecule has 148 valence electrons. The number of nitrogens with zero attached hydrogens (tertiary/aromatic N) is 2. The minimum Gasteiger partial charge on any atom is -0.383 e. The molecule has 0 N–H and O–H groups in total. The van der Waals surface area contributed by atoms with Crippen molar-refractivity contribution < 1.29 is 9.53 Å². The van der Waals surface area contributed by atoms with Crippen LogP contribution in [0.3, 0.4) is 0 Å². The van der Waals surface area contributed by atoms with E-state index in [0.717, 1.165) is 20.8 Å². The zero-order valence-corrected chi connectivity index (χ0v) is 18.4. The van der Waals surface area contributed by atoms with Gasteiger partial charge in [-0.3, -0.25) is 14.2 Å². The second-order valence-corrected chi connectivity index (χ2v) is 9.31. The maximum atomic E-state index is 13.1. The predicted octanol–water partition coefficient (Wildman–Crippen LogP) is 4.39. The third-order valence-corrected chi connectivity index (χ3v) is 6.95. The Morgan fingerprint density at radius 3 is 2.57 bits per heavy atom. The summed E-state index contributed by atoms with van der Waals surface area (Å²) in [6.45, 7) is 8.61. The first-order chi connectivity index (χ1) is 13.3. The Bertz CT molecular complexity index is 1070. The summed E-state index contributed by atoms with van der Waals surface area (Å²) in [5.41, 5.74) is 2.69. The summed E-state index contributed by atoms with van der Waals surface area (Å²) >= 11 is 2.84. The molecule has 1 atom stereocenters. The van der Waals surface area contributed by atoms with Crippen LogP contribution in [-0.4, -0.2) is 34.3 Å². The molecular weight excluding hydrogens is 392 g/mol. The lowest BCUT2D eigenvalue weighted by Gasteiger charge is -2.15. The van der Waals surface area contributed by atoms with Crippen LogP contribution in [0, 0.1) is 20.8 Å². The van der Waals surface area contributed by atoms with E-state index in [4.69, 9.17) is 9.72 Å². The van der Waals surface area contributed by atoms with Crippen molar-refractivity contribution in [3.05, 3.63) is 56.2 Å². The zero-order chi connectivity index (χ0) is 20.4. The van der Waals surface area contributed by atoms with Gasteiger partial charge in [0.25, 0.3) is 5.56 Å². The molecule has 0 amide bonds. The lowest BCUT2D eigenvalue weighted by Crippen LogP contribution is -2.26. The van der Waals surface area contributed by atoms with Crippen molar-refractivity contribution in [1.82, 2.24) is 9.55 Å². The van der Waals surface area contributed by atoms with Gasteiger partial charge in [0.1, 0.15) is 4.83 Å². The molecule has 0 aliphatic heterocycles. The molecule has 0 spiro atoms. The van der Waals surface area contributed by atoms with Crippen molar-refractivity contribution in [3.8, 4) is 0 Å². The summed E-state index contributed by atoms with van der Waals surface area (Å²) in [7, 11) is 1.60. The van der Waals surface area contributed by atoms with Crippen molar-refractivity contribution in [2.24, 2.45) is 0 Å². The lowest BCUT2D eigenvalue weighted by molar-refractivity contribution is 0.0994. The Labute approximate surface area is 172 Å². The summed E-state index contributed by atoms with van der Waals surface area (Å²) < 4.78 is 6.81. The van der Waals surface area contributed by atoms with Crippen molar-refractivity contribution in [2.45, 2.75) is 44.6 Å². The van der Waals surface area contributed by atoms with Gasteiger partial charge in [-0.25, -0.2) is 4.98 Å². The second kappa shape index (κ2) is 8.59. The van der Waals surface area contributed by atoms with Crippen LogP contribution in [0.4, 0.5) is 0 Å². The number of thiophene rings is 1. The van der Waals surface area contributed by atoms with Gasteiger partial charge in [-0.15, -0.1) is 11.3 Å². The summed E-state index contributed by atoms with van der Waals surface area (Å²) in [6, 6.07) is 7.55. The molecule has 0 fully saturated rings. The van der Waals surface area contributed by atoms with Gasteiger partial charge < -0.3 is 4.74 Å². The van der Waals surface area contributed by atoms with Crippen molar-refractivity contribution in [3.63, 3.8) is 0 Å². The number of Topliss-reactive ketones (excluding diaryl/α,β-unsaturated/α-hetero) is 1. The van der Waals surface area contributed by atoms with Gasteiger partial charge in [0, 0.05) is 17.6 Å². The van der Waals surface area contributed by atoms with E-state index < -0.39 is 0 Å². The van der Waals surface area contributed by atoms with E-state index in [-0.39, 0.29) is 16.6 Å². The minimum absolute atomic E-state index is 0.0242. The monoisotopic (exact) mass is 416 g/mol. The number of carbonyl (C=O) groups excluding carboxylic acids is 1. The van der Waals surface area contributed by atoms with E-state index in [0.29, 0.717) is 29.3 Å². The van der Waals surface area contributed by atoms with E-state index in [1.807, 2.05) is 52.0 Å². The Balaban J connectivity index is 1.99. The molecule has 0 aliphatic carbocycles. The Hall–Kier alpha value is -1.96. The van der Waals surface area contributed by atoms with Crippen LogP contribution in [0.25, 0.3) is 10.2 Å². The first-order valence-corrected chi connectivity index (χ1v) is 10.8. The van der Waals surface area contributed by atoms with E-state index in [2.05, 4.69) is 0 Å². The highest BCUT2D eigenvalue weighted by Crippen LogP contribution is 2.30. The molecule has 0 saturated heterocycles. The molecule has 0 saturated carbocycles. The van der Waals surface area contributed by atoms with Crippen LogP contribution in [0.2, 0.25) is 0 Å². The van der Waals surface area contributed by atoms with Crippen LogP contribution in [0.5, 0.6) is 0 Å². The number of aryl methyl sites for hydroxylation is 3. The zero-order valence-electron chi connectivity index (χ0n) is 16.7. The van der Waals surface area contributed by atoms with Crippen LogP contribution < -0.4 is 5.56 Å². The SMILES string of the molecule is COCCn1c(SC(C)C(=O)c2ccc(C)cc2)nc2sc(C)c(C)c2c1=O. The van der Waals surface area contributed by atoms with Crippen LogP contribution in [0.1, 0.15) is 33.3 Å². The van der Waals surface area contributed by atoms with Crippen LogP contribution in [-0.2, 0) is 11.3 Å². The average Bonchev–Trinajstić information content (AvgIpc) is 2.95. The van der Waals surface area contributed by atoms with E-state index in [1.54, 1.807) is 11.7 Å². The lowest BCUT2D eigenvalue weighted by atomic mass is 10.1. The number of methoxy groups -OCH3 is 1. The number of hydrogen-bond donors (Lipinski definition) is 0. The number of ketones is 1. The van der Waals surface area contributed by atoms with Gasteiger partial charge >= 0.3 is 0 Å².